The van der Waals surface area contributed by atoms with E-state index < -0.39 is 23.8 Å². The van der Waals surface area contributed by atoms with Gasteiger partial charge in [-0.05, 0) is 18.2 Å². The lowest BCUT2D eigenvalue weighted by atomic mass is 10.1. The summed E-state index contributed by atoms with van der Waals surface area (Å²) >= 11 is 0. The molecular weight excluding hydrogens is 488 g/mol. The van der Waals surface area contributed by atoms with Gasteiger partial charge in [-0.2, -0.15) is 0 Å². The Morgan fingerprint density at radius 2 is 1.54 bits per heavy atom. The monoisotopic (exact) mass is 516 g/mol. The number of hydrogen-bond acceptors (Lipinski definition) is 11. The molecule has 198 valence electrons. The molecule has 0 radical (unpaired) electrons. The molecule has 0 saturated carbocycles. The van der Waals surface area contributed by atoms with Crippen LogP contribution < -0.4 is 29.1 Å². The molecule has 0 N–H and O–H groups in total. The van der Waals surface area contributed by atoms with E-state index in [1.165, 1.54) is 35.5 Å². The van der Waals surface area contributed by atoms with Crippen molar-refractivity contribution in [2.24, 2.45) is 0 Å². The van der Waals surface area contributed by atoms with Crippen LogP contribution in [0.15, 0.2) is 39.5 Å². The smallest absolute Gasteiger partial charge is 0.317 e. The fourth-order valence-electron chi connectivity index (χ4n) is 3.48. The quantitative estimate of drug-likeness (QED) is 0.200. The molecular formula is C26H28O11. The lowest BCUT2D eigenvalue weighted by molar-refractivity contribution is -0.153. The highest BCUT2D eigenvalue weighted by Crippen LogP contribution is 2.39. The van der Waals surface area contributed by atoms with Crippen molar-refractivity contribution >= 4 is 22.9 Å². The van der Waals surface area contributed by atoms with Crippen molar-refractivity contribution in [1.29, 1.82) is 0 Å². The van der Waals surface area contributed by atoms with Gasteiger partial charge in [-0.3, -0.25) is 14.4 Å². The average Bonchev–Trinajstić information content (AvgIpc) is 2.92. The van der Waals surface area contributed by atoms with Crippen molar-refractivity contribution in [3.05, 3.63) is 40.6 Å². The molecule has 0 aliphatic heterocycles. The Labute approximate surface area is 212 Å². The maximum absolute atomic E-state index is 13.6. The summed E-state index contributed by atoms with van der Waals surface area (Å²) in [6.07, 6.45) is -0.242. The summed E-state index contributed by atoms with van der Waals surface area (Å²) in [4.78, 5) is 36.4. The molecule has 11 heteroatoms. The van der Waals surface area contributed by atoms with Gasteiger partial charge in [-0.1, -0.05) is 0 Å². The van der Waals surface area contributed by atoms with Crippen molar-refractivity contribution in [2.75, 3.05) is 48.8 Å². The molecule has 0 amide bonds. The second-order valence-electron chi connectivity index (χ2n) is 7.54. The summed E-state index contributed by atoms with van der Waals surface area (Å²) in [6.45, 7) is -0.0124. The van der Waals surface area contributed by atoms with E-state index in [0.717, 1.165) is 0 Å². The SMILES string of the molecule is COC(=O)CC(=O)OCCCOc1c(-c2ccc(OC)c(OC)c2)oc2cc(OC)cc(OC)c2c1=O. The Hall–Kier alpha value is -4.41. The van der Waals surface area contributed by atoms with Crippen LogP contribution in [0.4, 0.5) is 0 Å². The molecule has 37 heavy (non-hydrogen) atoms. The van der Waals surface area contributed by atoms with Gasteiger partial charge in [-0.25, -0.2) is 0 Å². The molecule has 0 fully saturated rings. The van der Waals surface area contributed by atoms with Crippen molar-refractivity contribution in [1.82, 2.24) is 0 Å². The molecule has 1 heterocycles. The first-order valence-corrected chi connectivity index (χ1v) is 11.2. The zero-order chi connectivity index (χ0) is 26.9. The molecule has 0 saturated heterocycles. The summed E-state index contributed by atoms with van der Waals surface area (Å²) in [5, 5.41) is 0.173. The van der Waals surface area contributed by atoms with Gasteiger partial charge in [0, 0.05) is 24.1 Å². The Morgan fingerprint density at radius 3 is 2.19 bits per heavy atom. The number of esters is 2. The topological polar surface area (TPSA) is 129 Å². The maximum atomic E-state index is 13.6. The Bertz CT molecular complexity index is 1330. The third kappa shape index (κ3) is 6.24. The van der Waals surface area contributed by atoms with Gasteiger partial charge in [0.2, 0.25) is 11.2 Å². The van der Waals surface area contributed by atoms with Crippen LogP contribution >= 0.6 is 0 Å². The van der Waals surface area contributed by atoms with Crippen LogP contribution in [-0.4, -0.2) is 60.7 Å². The van der Waals surface area contributed by atoms with Crippen molar-refractivity contribution < 1.29 is 47.2 Å². The first kappa shape index (κ1) is 27.2. The van der Waals surface area contributed by atoms with Crippen LogP contribution in [0.3, 0.4) is 0 Å². The van der Waals surface area contributed by atoms with Crippen molar-refractivity contribution in [2.45, 2.75) is 12.8 Å². The third-order valence-electron chi connectivity index (χ3n) is 5.31. The first-order valence-electron chi connectivity index (χ1n) is 11.2. The van der Waals surface area contributed by atoms with Crippen molar-refractivity contribution in [3.8, 4) is 40.1 Å². The summed E-state index contributed by atoms with van der Waals surface area (Å²) < 4.78 is 42.8. The lowest BCUT2D eigenvalue weighted by Gasteiger charge is -2.15. The number of rotatable bonds is 12. The van der Waals surface area contributed by atoms with E-state index in [9.17, 15) is 14.4 Å². The molecule has 0 aliphatic carbocycles. The highest BCUT2D eigenvalue weighted by molar-refractivity contribution is 5.91. The predicted molar refractivity (Wildman–Crippen MR) is 132 cm³/mol. The summed E-state index contributed by atoms with van der Waals surface area (Å²) in [6, 6.07) is 8.18. The maximum Gasteiger partial charge on any atom is 0.317 e. The zero-order valence-electron chi connectivity index (χ0n) is 21.2. The number of methoxy groups -OCH3 is 5. The van der Waals surface area contributed by atoms with Gasteiger partial charge < -0.3 is 37.6 Å². The minimum atomic E-state index is -0.721. The molecule has 0 atom stereocenters. The van der Waals surface area contributed by atoms with E-state index in [2.05, 4.69) is 4.74 Å². The minimum Gasteiger partial charge on any atom is -0.496 e. The molecule has 11 nitrogen and oxygen atoms in total. The highest BCUT2D eigenvalue weighted by atomic mass is 16.6. The van der Waals surface area contributed by atoms with Gasteiger partial charge in [-0.15, -0.1) is 0 Å². The molecule has 0 bridgehead atoms. The number of carbonyl (C=O) groups is 2. The van der Waals surface area contributed by atoms with E-state index >= 15 is 0 Å². The normalized spacial score (nSPS) is 10.5. The van der Waals surface area contributed by atoms with Crippen LogP contribution in [0.5, 0.6) is 28.7 Å². The van der Waals surface area contributed by atoms with E-state index in [-0.39, 0.29) is 47.9 Å². The van der Waals surface area contributed by atoms with Crippen LogP contribution in [0.25, 0.3) is 22.3 Å². The summed E-state index contributed by atoms with van der Waals surface area (Å²) in [7, 11) is 7.10. The average molecular weight is 516 g/mol. The van der Waals surface area contributed by atoms with Gasteiger partial charge in [0.25, 0.3) is 0 Å². The molecule has 0 aliphatic rings. The second kappa shape index (κ2) is 12.5. The van der Waals surface area contributed by atoms with Gasteiger partial charge >= 0.3 is 11.9 Å². The number of hydrogen-bond donors (Lipinski definition) is 0. The van der Waals surface area contributed by atoms with E-state index in [0.29, 0.717) is 22.8 Å². The number of ether oxygens (including phenoxy) is 7. The zero-order valence-corrected chi connectivity index (χ0v) is 21.2. The van der Waals surface area contributed by atoms with Gasteiger partial charge in [0.1, 0.15) is 28.9 Å². The van der Waals surface area contributed by atoms with Crippen LogP contribution in [0.1, 0.15) is 12.8 Å². The number of carbonyl (C=O) groups excluding carboxylic acids is 2. The minimum absolute atomic E-state index is 0.0144. The fraction of sp³-hybridized carbons (Fsp3) is 0.346. The third-order valence-corrected chi connectivity index (χ3v) is 5.31. The molecule has 3 aromatic rings. The predicted octanol–water partition coefficient (Wildman–Crippen LogP) is 3.37. The standard InChI is InChI=1S/C26H28O11/c1-30-16-12-19(33-4)23-20(13-16)37-25(15-7-8-17(31-2)18(11-15)32-3)26(24(23)29)36-10-6-9-35-22(28)14-21(27)34-5/h7-8,11-13H,6,9-10,14H2,1-5H3. The fourth-order valence-corrected chi connectivity index (χ4v) is 3.48. The van der Waals surface area contributed by atoms with E-state index in [4.69, 9.17) is 32.8 Å². The van der Waals surface area contributed by atoms with Crippen molar-refractivity contribution in [3.63, 3.8) is 0 Å². The number of benzene rings is 2. The molecule has 0 unspecified atom stereocenters. The van der Waals surface area contributed by atoms with E-state index in [1.807, 2.05) is 0 Å². The van der Waals surface area contributed by atoms with Crippen LogP contribution in [-0.2, 0) is 19.1 Å². The highest BCUT2D eigenvalue weighted by Gasteiger charge is 2.22. The molecule has 3 rings (SSSR count). The van der Waals surface area contributed by atoms with Crippen LogP contribution in [0, 0.1) is 0 Å². The lowest BCUT2D eigenvalue weighted by Crippen LogP contribution is -2.16. The Kier molecular flexibility index (Phi) is 9.20. The van der Waals surface area contributed by atoms with Crippen LogP contribution in [0.2, 0.25) is 0 Å². The molecule has 2 aromatic carbocycles. The first-order chi connectivity index (χ1) is 17.9. The summed E-state index contributed by atoms with van der Waals surface area (Å²) in [5.41, 5.74) is 0.265. The molecule has 1 aromatic heterocycles. The van der Waals surface area contributed by atoms with E-state index in [1.54, 1.807) is 30.3 Å². The Morgan fingerprint density at radius 1 is 0.811 bits per heavy atom. The summed E-state index contributed by atoms with van der Waals surface area (Å²) in [5.74, 6) is 0.280. The largest absolute Gasteiger partial charge is 0.496 e. The number of fused-ring (bicyclic) bond motifs is 1. The Balaban J connectivity index is 1.98. The molecule has 0 spiro atoms. The second-order valence-corrected chi connectivity index (χ2v) is 7.54. The van der Waals surface area contributed by atoms with Gasteiger partial charge in [0.15, 0.2) is 17.3 Å². The van der Waals surface area contributed by atoms with Gasteiger partial charge in [0.05, 0.1) is 48.8 Å².